The highest BCUT2D eigenvalue weighted by Gasteiger charge is 2.33. The molecule has 3 rings (SSSR count). The minimum absolute atomic E-state index is 0.0479. The number of carbonyl (C=O) groups is 2. The molecule has 0 spiro atoms. The predicted octanol–water partition coefficient (Wildman–Crippen LogP) is 3.91. The summed E-state index contributed by atoms with van der Waals surface area (Å²) < 4.78 is 5.95. The van der Waals surface area contributed by atoms with Crippen LogP contribution in [-0.4, -0.2) is 29.1 Å². The predicted molar refractivity (Wildman–Crippen MR) is 101 cm³/mol. The Bertz CT molecular complexity index is 912. The monoisotopic (exact) mass is 436 g/mol. The summed E-state index contributed by atoms with van der Waals surface area (Å²) >= 11 is 9.33. The maximum absolute atomic E-state index is 12.6. The van der Waals surface area contributed by atoms with Crippen molar-refractivity contribution in [2.45, 2.75) is 6.54 Å². The van der Waals surface area contributed by atoms with Crippen molar-refractivity contribution in [3.63, 3.8) is 0 Å². The van der Waals surface area contributed by atoms with Gasteiger partial charge in [0.25, 0.3) is 5.91 Å². The van der Waals surface area contributed by atoms with E-state index in [1.54, 1.807) is 0 Å². The Kier molecular flexibility index (Phi) is 5.20. The van der Waals surface area contributed by atoms with E-state index in [0.717, 1.165) is 14.9 Å². The summed E-state index contributed by atoms with van der Waals surface area (Å²) in [5.41, 5.74) is 1.13. The van der Waals surface area contributed by atoms with Gasteiger partial charge >= 0.3 is 6.03 Å². The second-order valence-corrected chi connectivity index (χ2v) is 6.90. The fraction of sp³-hybridized carbons (Fsp3) is 0.111. The van der Waals surface area contributed by atoms with E-state index >= 15 is 0 Å². The number of ether oxygens (including phenoxy) is 1. The summed E-state index contributed by atoms with van der Waals surface area (Å²) in [6.07, 6.45) is 1.37. The van der Waals surface area contributed by atoms with Crippen molar-refractivity contribution in [1.82, 2.24) is 10.2 Å². The average Bonchev–Trinajstić information content (AvgIpc) is 2.87. The normalized spacial score (nSPS) is 15.5. The molecule has 0 saturated carbocycles. The van der Waals surface area contributed by atoms with Crippen molar-refractivity contribution in [1.29, 1.82) is 0 Å². The van der Waals surface area contributed by atoms with E-state index in [-0.39, 0.29) is 29.3 Å². The van der Waals surface area contributed by atoms with Gasteiger partial charge in [-0.05, 0) is 29.8 Å². The van der Waals surface area contributed by atoms with Gasteiger partial charge in [0.2, 0.25) is 0 Å². The first kappa shape index (κ1) is 18.3. The maximum Gasteiger partial charge on any atom is 0.329 e. The number of hydrogen-bond donors (Lipinski definition) is 2. The van der Waals surface area contributed by atoms with Crippen LogP contribution in [0.1, 0.15) is 11.1 Å². The minimum atomic E-state index is -0.530. The van der Waals surface area contributed by atoms with Crippen LogP contribution in [0, 0.1) is 0 Å². The zero-order valence-electron chi connectivity index (χ0n) is 13.6. The van der Waals surface area contributed by atoms with Crippen molar-refractivity contribution in [3.8, 4) is 11.5 Å². The molecular weight excluding hydrogens is 424 g/mol. The molecule has 0 aromatic heterocycles. The molecule has 6 nitrogen and oxygen atoms in total. The number of rotatable bonds is 4. The summed E-state index contributed by atoms with van der Waals surface area (Å²) in [6, 6.07) is 9.70. The van der Waals surface area contributed by atoms with E-state index < -0.39 is 11.9 Å². The first-order valence-corrected chi connectivity index (χ1v) is 8.71. The van der Waals surface area contributed by atoms with Gasteiger partial charge < -0.3 is 15.2 Å². The largest absolute Gasteiger partial charge is 0.504 e. The van der Waals surface area contributed by atoms with Crippen molar-refractivity contribution >= 4 is 45.5 Å². The molecule has 1 aliphatic rings. The molecule has 134 valence electrons. The number of carbonyl (C=O) groups excluding carboxylic acids is 2. The van der Waals surface area contributed by atoms with Crippen LogP contribution in [0.4, 0.5) is 4.79 Å². The number of phenols is 1. The van der Waals surface area contributed by atoms with Gasteiger partial charge in [0, 0.05) is 21.1 Å². The number of imide groups is 1. The molecule has 0 aliphatic carbocycles. The van der Waals surface area contributed by atoms with Crippen molar-refractivity contribution in [2.75, 3.05) is 7.11 Å². The van der Waals surface area contributed by atoms with Gasteiger partial charge in [0.15, 0.2) is 11.5 Å². The second-order valence-electron chi connectivity index (χ2n) is 5.55. The third-order valence-corrected chi connectivity index (χ3v) is 4.55. The third kappa shape index (κ3) is 3.68. The molecule has 0 radical (unpaired) electrons. The average molecular weight is 438 g/mol. The summed E-state index contributed by atoms with van der Waals surface area (Å²) in [5, 5.41) is 13.0. The SMILES string of the molecule is COc1cc(Cl)cc(C=C2NC(=O)N(Cc3ccc(Br)cc3)C2=O)c1O. The van der Waals surface area contributed by atoms with Gasteiger partial charge in [-0.15, -0.1) is 0 Å². The molecule has 2 aromatic rings. The molecule has 2 aromatic carbocycles. The highest BCUT2D eigenvalue weighted by Crippen LogP contribution is 2.35. The first-order chi connectivity index (χ1) is 12.4. The number of aromatic hydroxyl groups is 1. The maximum atomic E-state index is 12.6. The number of urea groups is 1. The number of amides is 3. The van der Waals surface area contributed by atoms with E-state index in [4.69, 9.17) is 16.3 Å². The van der Waals surface area contributed by atoms with Crippen LogP contribution in [0.5, 0.6) is 11.5 Å². The molecule has 2 N–H and O–H groups in total. The summed E-state index contributed by atoms with van der Waals surface area (Å²) in [5.74, 6) is -0.484. The standard InChI is InChI=1S/C18H14BrClN2O4/c1-26-15-8-13(20)6-11(16(15)23)7-14-17(24)22(18(25)21-14)9-10-2-4-12(19)5-3-10/h2-8,23H,9H2,1H3,(H,21,25). The number of nitrogens with zero attached hydrogens (tertiary/aromatic N) is 1. The second kappa shape index (κ2) is 7.39. The van der Waals surface area contributed by atoms with E-state index in [1.165, 1.54) is 25.3 Å². The Morgan fingerprint density at radius 3 is 2.62 bits per heavy atom. The van der Waals surface area contributed by atoms with Crippen LogP contribution in [0.2, 0.25) is 5.02 Å². The lowest BCUT2D eigenvalue weighted by Gasteiger charge is -2.11. The quantitative estimate of drug-likeness (QED) is 0.561. The van der Waals surface area contributed by atoms with Crippen LogP contribution in [0.25, 0.3) is 6.08 Å². The van der Waals surface area contributed by atoms with Gasteiger partial charge in [-0.2, -0.15) is 0 Å². The molecule has 1 fully saturated rings. The lowest BCUT2D eigenvalue weighted by molar-refractivity contribution is -0.123. The van der Waals surface area contributed by atoms with E-state index in [2.05, 4.69) is 21.2 Å². The molecule has 1 saturated heterocycles. The molecule has 1 heterocycles. The number of halogens is 2. The smallest absolute Gasteiger partial charge is 0.329 e. The number of hydrogen-bond acceptors (Lipinski definition) is 4. The Labute approximate surface area is 163 Å². The van der Waals surface area contributed by atoms with Gasteiger partial charge in [0.1, 0.15) is 5.70 Å². The lowest BCUT2D eigenvalue weighted by atomic mass is 10.1. The fourth-order valence-electron chi connectivity index (χ4n) is 2.50. The highest BCUT2D eigenvalue weighted by molar-refractivity contribution is 9.10. The van der Waals surface area contributed by atoms with E-state index in [1.807, 2.05) is 24.3 Å². The lowest BCUT2D eigenvalue weighted by Crippen LogP contribution is -2.30. The number of nitrogens with one attached hydrogen (secondary N) is 1. The zero-order valence-corrected chi connectivity index (χ0v) is 16.0. The zero-order chi connectivity index (χ0) is 18.8. The van der Waals surface area contributed by atoms with Gasteiger partial charge in [0.05, 0.1) is 13.7 Å². The number of benzene rings is 2. The van der Waals surface area contributed by atoms with E-state index in [9.17, 15) is 14.7 Å². The Hall–Kier alpha value is -2.51. The third-order valence-electron chi connectivity index (χ3n) is 3.81. The molecule has 0 bridgehead atoms. The minimum Gasteiger partial charge on any atom is -0.504 e. The van der Waals surface area contributed by atoms with Crippen LogP contribution < -0.4 is 10.1 Å². The molecule has 0 atom stereocenters. The van der Waals surface area contributed by atoms with Gasteiger partial charge in [-0.3, -0.25) is 9.69 Å². The van der Waals surface area contributed by atoms with Crippen molar-refractivity contribution in [2.24, 2.45) is 0 Å². The first-order valence-electron chi connectivity index (χ1n) is 7.54. The van der Waals surface area contributed by atoms with Crippen LogP contribution in [-0.2, 0) is 11.3 Å². The Morgan fingerprint density at radius 2 is 1.96 bits per heavy atom. The molecular formula is C18H14BrClN2O4. The van der Waals surface area contributed by atoms with Crippen LogP contribution in [0.3, 0.4) is 0 Å². The van der Waals surface area contributed by atoms with Crippen molar-refractivity contribution in [3.05, 3.63) is 62.7 Å². The van der Waals surface area contributed by atoms with Crippen LogP contribution in [0.15, 0.2) is 46.6 Å². The summed E-state index contributed by atoms with van der Waals surface area (Å²) in [7, 11) is 1.39. The fourth-order valence-corrected chi connectivity index (χ4v) is 2.98. The molecule has 3 amide bonds. The highest BCUT2D eigenvalue weighted by atomic mass is 79.9. The summed E-state index contributed by atoms with van der Waals surface area (Å²) in [6.45, 7) is 0.139. The molecule has 26 heavy (non-hydrogen) atoms. The van der Waals surface area contributed by atoms with Gasteiger partial charge in [-0.1, -0.05) is 39.7 Å². The topological polar surface area (TPSA) is 78.9 Å². The molecule has 1 aliphatic heterocycles. The Balaban J connectivity index is 1.88. The van der Waals surface area contributed by atoms with Crippen molar-refractivity contribution < 1.29 is 19.4 Å². The van der Waals surface area contributed by atoms with Crippen LogP contribution >= 0.6 is 27.5 Å². The molecule has 0 unspecified atom stereocenters. The Morgan fingerprint density at radius 1 is 1.27 bits per heavy atom. The number of methoxy groups -OCH3 is 1. The van der Waals surface area contributed by atoms with E-state index in [0.29, 0.717) is 5.02 Å². The van der Waals surface area contributed by atoms with Gasteiger partial charge in [-0.25, -0.2) is 4.79 Å². The summed E-state index contributed by atoms with van der Waals surface area (Å²) in [4.78, 5) is 25.8. The number of phenolic OH excluding ortho intramolecular Hbond substituents is 1. The molecule has 8 heteroatoms.